The van der Waals surface area contributed by atoms with Gasteiger partial charge in [-0.25, -0.2) is 9.78 Å². The molecule has 0 saturated carbocycles. The zero-order valence-electron chi connectivity index (χ0n) is 27.4. The minimum Gasteiger partial charge on any atom is -0.481 e. The minimum atomic E-state index is -0.931. The third kappa shape index (κ3) is 5.63. The van der Waals surface area contributed by atoms with Crippen LogP contribution < -0.4 is 0 Å². The Morgan fingerprint density at radius 3 is 2.30 bits per heavy atom. The Labute approximate surface area is 267 Å². The van der Waals surface area contributed by atoms with Crippen LogP contribution in [0.25, 0.3) is 39.3 Å². The number of methoxy groups -OCH3 is 2. The second-order valence-corrected chi connectivity index (χ2v) is 11.9. The van der Waals surface area contributed by atoms with E-state index in [1.54, 1.807) is 0 Å². The molecule has 5 rings (SSSR count). The van der Waals surface area contributed by atoms with Crippen molar-refractivity contribution in [1.82, 2.24) is 19.9 Å². The normalized spacial score (nSPS) is 16.0. The van der Waals surface area contributed by atoms with E-state index in [-0.39, 0.29) is 36.7 Å². The lowest BCUT2D eigenvalue weighted by molar-refractivity contribution is -0.140. The van der Waals surface area contributed by atoms with Gasteiger partial charge in [0.2, 0.25) is 0 Å². The highest BCUT2D eigenvalue weighted by atomic mass is 16.5. The number of carbonyl (C=O) groups is 3. The van der Waals surface area contributed by atoms with E-state index in [4.69, 9.17) is 19.4 Å². The molecule has 0 saturated heterocycles. The van der Waals surface area contributed by atoms with Gasteiger partial charge in [-0.1, -0.05) is 26.5 Å². The van der Waals surface area contributed by atoms with Crippen LogP contribution >= 0.6 is 0 Å². The van der Waals surface area contributed by atoms with Crippen molar-refractivity contribution in [1.29, 1.82) is 0 Å². The van der Waals surface area contributed by atoms with Crippen molar-refractivity contribution in [3.63, 3.8) is 0 Å². The van der Waals surface area contributed by atoms with E-state index in [9.17, 15) is 19.5 Å². The number of aryl methyl sites for hydroxylation is 2. The predicted octanol–water partition coefficient (Wildman–Crippen LogP) is 7.17. The SMILES string of the molecule is C=Cc1c(C)c2cc3nc(c(CC(=O)OC)c4[nH]c(cc5nc(cc1[nH]2)C(C)=C5CC)c(C)c4C(=O)OC)[C@@H](CCC(=O)O)[C@@H]3C. The molecule has 0 unspecified atom stereocenters. The Morgan fingerprint density at radius 2 is 1.67 bits per heavy atom. The number of hydrogen-bond acceptors (Lipinski definition) is 7. The third-order valence-corrected chi connectivity index (χ3v) is 9.34. The Morgan fingerprint density at radius 1 is 0.978 bits per heavy atom. The number of H-pyrrole nitrogens is 2. The van der Waals surface area contributed by atoms with Crippen LogP contribution in [-0.2, 0) is 25.5 Å². The van der Waals surface area contributed by atoms with Crippen LogP contribution in [0.3, 0.4) is 0 Å². The lowest BCUT2D eigenvalue weighted by atomic mass is 9.85. The third-order valence-electron chi connectivity index (χ3n) is 9.34. The van der Waals surface area contributed by atoms with Gasteiger partial charge in [0.05, 0.1) is 48.8 Å². The van der Waals surface area contributed by atoms with E-state index in [1.807, 2.05) is 45.0 Å². The lowest BCUT2D eigenvalue weighted by Crippen LogP contribution is -2.12. The van der Waals surface area contributed by atoms with Gasteiger partial charge in [0.1, 0.15) is 0 Å². The molecule has 2 aliphatic heterocycles. The molecular formula is C36H40N4O6. The highest BCUT2D eigenvalue weighted by Gasteiger charge is 2.34. The van der Waals surface area contributed by atoms with Gasteiger partial charge in [0, 0.05) is 51.6 Å². The van der Waals surface area contributed by atoms with Crippen LogP contribution in [0.4, 0.5) is 0 Å². The van der Waals surface area contributed by atoms with Crippen LogP contribution in [0.15, 0.2) is 24.8 Å². The van der Waals surface area contributed by atoms with Gasteiger partial charge in [-0.3, -0.25) is 14.6 Å². The summed E-state index contributed by atoms with van der Waals surface area (Å²) in [7, 11) is 2.62. The van der Waals surface area contributed by atoms with Crippen LogP contribution in [0.5, 0.6) is 0 Å². The molecule has 3 aromatic heterocycles. The number of carbonyl (C=O) groups excluding carboxylic acids is 2. The van der Waals surface area contributed by atoms with Crippen LogP contribution in [-0.4, -0.2) is 57.2 Å². The molecule has 0 aliphatic carbocycles. The number of rotatable bonds is 8. The smallest absolute Gasteiger partial charge is 0.340 e. The lowest BCUT2D eigenvalue weighted by Gasteiger charge is -2.17. The quantitative estimate of drug-likeness (QED) is 0.224. The van der Waals surface area contributed by atoms with E-state index >= 15 is 0 Å². The van der Waals surface area contributed by atoms with Crippen molar-refractivity contribution in [3.8, 4) is 0 Å². The number of carboxylic acid groups (broad SMARTS) is 1. The number of fused-ring (bicyclic) bond motifs is 8. The molecule has 0 amide bonds. The van der Waals surface area contributed by atoms with Crippen molar-refractivity contribution < 1.29 is 29.0 Å². The summed E-state index contributed by atoms with van der Waals surface area (Å²) in [6, 6.07) is 5.92. The average molecular weight is 625 g/mol. The molecular weight excluding hydrogens is 584 g/mol. The Bertz CT molecular complexity index is 1980. The first-order chi connectivity index (χ1) is 21.9. The molecule has 46 heavy (non-hydrogen) atoms. The number of carboxylic acids is 1. The molecule has 0 fully saturated rings. The number of aromatic nitrogens is 4. The highest BCUT2D eigenvalue weighted by Crippen LogP contribution is 2.43. The molecule has 0 radical (unpaired) electrons. The van der Waals surface area contributed by atoms with Gasteiger partial charge < -0.3 is 24.5 Å². The molecule has 10 heteroatoms. The molecule has 240 valence electrons. The van der Waals surface area contributed by atoms with Gasteiger partial charge in [-0.05, 0) is 74.1 Å². The minimum absolute atomic E-state index is 0.0926. The first-order valence-electron chi connectivity index (χ1n) is 15.4. The maximum absolute atomic E-state index is 13.4. The fraction of sp³-hybridized carbons (Fsp3) is 0.361. The van der Waals surface area contributed by atoms with Gasteiger partial charge in [-0.15, -0.1) is 0 Å². The van der Waals surface area contributed by atoms with E-state index in [1.165, 1.54) is 14.2 Å². The highest BCUT2D eigenvalue weighted by molar-refractivity contribution is 6.03. The second-order valence-electron chi connectivity index (χ2n) is 11.9. The van der Waals surface area contributed by atoms with Crippen molar-refractivity contribution in [2.45, 2.75) is 72.1 Å². The van der Waals surface area contributed by atoms with Gasteiger partial charge >= 0.3 is 17.9 Å². The summed E-state index contributed by atoms with van der Waals surface area (Å²) < 4.78 is 10.3. The maximum atomic E-state index is 13.4. The summed E-state index contributed by atoms with van der Waals surface area (Å²) >= 11 is 0. The molecule has 0 aromatic carbocycles. The van der Waals surface area contributed by atoms with Crippen molar-refractivity contribution in [2.24, 2.45) is 0 Å². The van der Waals surface area contributed by atoms with Crippen molar-refractivity contribution in [3.05, 3.63) is 75.4 Å². The molecule has 3 N–H and O–H groups in total. The summed E-state index contributed by atoms with van der Waals surface area (Å²) in [5.74, 6) is -2.58. The van der Waals surface area contributed by atoms with Crippen molar-refractivity contribution >= 4 is 57.2 Å². The monoisotopic (exact) mass is 624 g/mol. The molecule has 2 atom stereocenters. The number of esters is 2. The average Bonchev–Trinajstić information content (AvgIpc) is 3.71. The fourth-order valence-corrected chi connectivity index (χ4v) is 6.68. The molecule has 3 aromatic rings. The number of ether oxygens (including phenoxy) is 2. The number of aromatic amines is 2. The Kier molecular flexibility index (Phi) is 9.01. The Balaban J connectivity index is 2.05. The number of nitrogens with one attached hydrogen (secondary N) is 2. The second kappa shape index (κ2) is 12.8. The van der Waals surface area contributed by atoms with Gasteiger partial charge in [-0.2, -0.15) is 0 Å². The number of aliphatic carboxylic acids is 1. The number of hydrogen-bond donors (Lipinski definition) is 3. The van der Waals surface area contributed by atoms with Crippen LogP contribution in [0.1, 0.15) is 107 Å². The summed E-state index contributed by atoms with van der Waals surface area (Å²) in [6.45, 7) is 14.0. The zero-order valence-corrected chi connectivity index (χ0v) is 27.4. The molecule has 5 heterocycles. The number of allylic oxidation sites excluding steroid dienone is 2. The summed E-state index contributed by atoms with van der Waals surface area (Å²) in [4.78, 5) is 55.2. The fourth-order valence-electron chi connectivity index (χ4n) is 6.68. The summed E-state index contributed by atoms with van der Waals surface area (Å²) in [5.41, 5.74) is 11.0. The molecule has 0 spiro atoms. The summed E-state index contributed by atoms with van der Waals surface area (Å²) in [6.07, 6.45) is 2.56. The van der Waals surface area contributed by atoms with Crippen LogP contribution in [0, 0.1) is 13.8 Å². The van der Waals surface area contributed by atoms with Gasteiger partial charge in [0.15, 0.2) is 0 Å². The summed E-state index contributed by atoms with van der Waals surface area (Å²) in [5, 5.41) is 9.63. The first-order valence-corrected chi connectivity index (χ1v) is 15.4. The van der Waals surface area contributed by atoms with Crippen LogP contribution in [0.2, 0.25) is 0 Å². The predicted molar refractivity (Wildman–Crippen MR) is 178 cm³/mol. The Hall–Kier alpha value is -4.99. The zero-order chi connectivity index (χ0) is 33.4. The number of nitrogens with zero attached hydrogens (tertiary/aromatic N) is 2. The standard InChI is InChI=1S/C36H40N4O6/c1-9-21-17(3)25-14-27-19(5)23(11-12-31(41)42)34(39-27)24(13-32(43)45-7)35-33(36(44)46-8)20(6)28(40-35)16-30-22(10-2)18(4)26(38-30)15-29(21)37-25/h9,14-16,19,23,37,40H,1,10-13H2,2-8H3,(H,41,42)/t19-,23-/m0/s1. The van der Waals surface area contributed by atoms with E-state index in [0.717, 1.165) is 56.8 Å². The van der Waals surface area contributed by atoms with Gasteiger partial charge in [0.25, 0.3) is 0 Å². The molecule has 2 aliphatic rings. The first kappa shape index (κ1) is 32.4. The van der Waals surface area contributed by atoms with E-state index in [0.29, 0.717) is 27.9 Å². The molecule has 8 bridgehead atoms. The molecule has 10 nitrogen and oxygen atoms in total. The topological polar surface area (TPSA) is 147 Å². The van der Waals surface area contributed by atoms with Crippen molar-refractivity contribution in [2.75, 3.05) is 14.2 Å². The van der Waals surface area contributed by atoms with E-state index in [2.05, 4.69) is 30.4 Å². The van der Waals surface area contributed by atoms with E-state index < -0.39 is 17.9 Å². The largest absolute Gasteiger partial charge is 0.481 e. The maximum Gasteiger partial charge on any atom is 0.340 e.